The van der Waals surface area contributed by atoms with Gasteiger partial charge in [0, 0.05) is 11.4 Å². The van der Waals surface area contributed by atoms with Crippen molar-refractivity contribution in [2.75, 3.05) is 10.9 Å². The molecule has 1 amide bonds. The van der Waals surface area contributed by atoms with E-state index in [1.807, 2.05) is 6.92 Å². The van der Waals surface area contributed by atoms with E-state index in [1.165, 1.54) is 12.1 Å². The lowest BCUT2D eigenvalue weighted by Crippen LogP contribution is -2.37. The summed E-state index contributed by atoms with van der Waals surface area (Å²) in [4.78, 5) is 13.0. The van der Waals surface area contributed by atoms with Crippen molar-refractivity contribution in [1.29, 1.82) is 0 Å². The molecule has 7 heteroatoms. The topological polar surface area (TPSA) is 63.7 Å². The summed E-state index contributed by atoms with van der Waals surface area (Å²) in [5, 5.41) is 0.609. The highest BCUT2D eigenvalue weighted by molar-refractivity contribution is 7.93. The maximum atomic E-state index is 13.2. The molecule has 0 N–H and O–H groups in total. The molecule has 30 heavy (non-hydrogen) atoms. The first-order chi connectivity index (χ1) is 14.4. The van der Waals surface area contributed by atoms with Crippen LogP contribution < -0.4 is 9.04 Å². The van der Waals surface area contributed by atoms with Gasteiger partial charge in [0.1, 0.15) is 5.75 Å². The average molecular weight is 444 g/mol. The highest BCUT2D eigenvalue weighted by atomic mass is 35.5. The minimum absolute atomic E-state index is 0.0214. The molecule has 156 valence electrons. The van der Waals surface area contributed by atoms with Crippen molar-refractivity contribution in [3.63, 3.8) is 0 Å². The fourth-order valence-corrected chi connectivity index (χ4v) is 4.44. The molecule has 3 aromatic rings. The van der Waals surface area contributed by atoms with Crippen LogP contribution in [0.5, 0.6) is 5.75 Å². The summed E-state index contributed by atoms with van der Waals surface area (Å²) in [7, 11) is -4.03. The Labute approximate surface area is 181 Å². The number of carbonyl (C=O) groups excluding carboxylic acids is 1. The molecule has 0 radical (unpaired) electrons. The average Bonchev–Trinajstić information content (AvgIpc) is 2.74. The van der Waals surface area contributed by atoms with Gasteiger partial charge in [0.05, 0.1) is 17.2 Å². The molecule has 0 aliphatic rings. The number of carbonyl (C=O) groups is 1. The number of hydrogen-bond donors (Lipinski definition) is 0. The molecule has 0 aliphatic heterocycles. The first-order valence-corrected chi connectivity index (χ1v) is 11.3. The number of aryl methyl sites for hydroxylation is 1. The first kappa shape index (κ1) is 21.9. The molecule has 3 rings (SSSR count). The van der Waals surface area contributed by atoms with Crippen LogP contribution in [0.3, 0.4) is 0 Å². The lowest BCUT2D eigenvalue weighted by Gasteiger charge is -2.23. The molecule has 0 fully saturated rings. The predicted molar refractivity (Wildman–Crippen MR) is 118 cm³/mol. The van der Waals surface area contributed by atoms with Crippen LogP contribution in [0.25, 0.3) is 0 Å². The molecule has 5 nitrogen and oxygen atoms in total. The van der Waals surface area contributed by atoms with Crippen LogP contribution in [0, 0.1) is 6.92 Å². The van der Waals surface area contributed by atoms with Crippen molar-refractivity contribution in [2.24, 2.45) is 0 Å². The standard InChI is InChI=1S/C23H22ClNO4S/c1-18-9-13-20(14-10-18)25(30(27,28)22-6-3-2-4-7-22)23(26)8-5-17-29-21-15-11-19(24)12-16-21/h2-4,6-7,9-16H,5,8,17H2,1H3. The number of halogens is 1. The van der Waals surface area contributed by atoms with E-state index in [4.69, 9.17) is 16.3 Å². The Morgan fingerprint density at radius 3 is 2.20 bits per heavy atom. The van der Waals surface area contributed by atoms with Gasteiger partial charge in [-0.15, -0.1) is 0 Å². The lowest BCUT2D eigenvalue weighted by atomic mass is 10.2. The summed E-state index contributed by atoms with van der Waals surface area (Å²) < 4.78 is 32.9. The van der Waals surface area contributed by atoms with Crippen molar-refractivity contribution < 1.29 is 17.9 Å². The van der Waals surface area contributed by atoms with Gasteiger partial charge in [-0.05, 0) is 61.9 Å². The van der Waals surface area contributed by atoms with E-state index in [-0.39, 0.29) is 17.9 Å². The molecular weight excluding hydrogens is 422 g/mol. The van der Waals surface area contributed by atoms with Crippen molar-refractivity contribution in [2.45, 2.75) is 24.7 Å². The largest absolute Gasteiger partial charge is 0.494 e. The Bertz CT molecular complexity index is 1080. The third kappa shape index (κ3) is 5.40. The zero-order chi connectivity index (χ0) is 21.6. The van der Waals surface area contributed by atoms with Gasteiger partial charge in [-0.3, -0.25) is 4.79 Å². The molecule has 0 atom stereocenters. The quantitative estimate of drug-likeness (QED) is 0.447. The van der Waals surface area contributed by atoms with Gasteiger partial charge in [0.25, 0.3) is 10.0 Å². The fraction of sp³-hybridized carbons (Fsp3) is 0.174. The van der Waals surface area contributed by atoms with E-state index in [0.717, 1.165) is 9.87 Å². The highest BCUT2D eigenvalue weighted by Crippen LogP contribution is 2.25. The van der Waals surface area contributed by atoms with Crippen LogP contribution >= 0.6 is 11.6 Å². The van der Waals surface area contributed by atoms with E-state index >= 15 is 0 Å². The van der Waals surface area contributed by atoms with Crippen LogP contribution in [0.2, 0.25) is 5.02 Å². The van der Waals surface area contributed by atoms with Gasteiger partial charge in [0.2, 0.25) is 5.91 Å². The van der Waals surface area contributed by atoms with E-state index < -0.39 is 15.9 Å². The Morgan fingerprint density at radius 2 is 1.57 bits per heavy atom. The zero-order valence-electron chi connectivity index (χ0n) is 16.5. The fourth-order valence-electron chi connectivity index (χ4n) is 2.84. The number of anilines is 1. The minimum Gasteiger partial charge on any atom is -0.494 e. The monoisotopic (exact) mass is 443 g/mol. The third-order valence-corrected chi connectivity index (χ3v) is 6.41. The van der Waals surface area contributed by atoms with Crippen LogP contribution in [0.15, 0.2) is 83.8 Å². The molecule has 0 saturated heterocycles. The van der Waals surface area contributed by atoms with Crippen molar-refractivity contribution in [3.05, 3.63) is 89.4 Å². The Kier molecular flexibility index (Phi) is 7.13. The lowest BCUT2D eigenvalue weighted by molar-refractivity contribution is -0.117. The normalized spacial score (nSPS) is 11.1. The third-order valence-electron chi connectivity index (χ3n) is 4.39. The van der Waals surface area contributed by atoms with Gasteiger partial charge in [-0.25, -0.2) is 12.7 Å². The van der Waals surface area contributed by atoms with E-state index in [9.17, 15) is 13.2 Å². The molecule has 0 aliphatic carbocycles. The van der Waals surface area contributed by atoms with E-state index in [1.54, 1.807) is 66.7 Å². The Morgan fingerprint density at radius 1 is 0.933 bits per heavy atom. The maximum absolute atomic E-state index is 13.2. The Hall–Kier alpha value is -2.83. The van der Waals surface area contributed by atoms with Crippen LogP contribution in [0.4, 0.5) is 5.69 Å². The molecule has 0 saturated carbocycles. The van der Waals surface area contributed by atoms with Crippen molar-refractivity contribution in [3.8, 4) is 5.75 Å². The number of nitrogens with zero attached hydrogens (tertiary/aromatic N) is 1. The van der Waals surface area contributed by atoms with Gasteiger partial charge in [-0.1, -0.05) is 47.5 Å². The molecule has 0 spiro atoms. The second-order valence-electron chi connectivity index (χ2n) is 6.72. The smallest absolute Gasteiger partial charge is 0.270 e. The number of sulfonamides is 1. The summed E-state index contributed by atoms with van der Waals surface area (Å²) in [5.41, 5.74) is 1.28. The van der Waals surface area contributed by atoms with Crippen LogP contribution in [-0.4, -0.2) is 20.9 Å². The summed E-state index contributed by atoms with van der Waals surface area (Å²) in [6.07, 6.45) is 0.391. The molecule has 0 bridgehead atoms. The Balaban J connectivity index is 1.75. The molecular formula is C23H22ClNO4S. The van der Waals surface area contributed by atoms with Crippen molar-refractivity contribution in [1.82, 2.24) is 0 Å². The van der Waals surface area contributed by atoms with Gasteiger partial charge in [0.15, 0.2) is 0 Å². The number of ether oxygens (including phenoxy) is 1. The highest BCUT2D eigenvalue weighted by Gasteiger charge is 2.30. The number of amides is 1. The molecule has 0 unspecified atom stereocenters. The maximum Gasteiger partial charge on any atom is 0.270 e. The van der Waals surface area contributed by atoms with E-state index in [0.29, 0.717) is 22.9 Å². The van der Waals surface area contributed by atoms with Gasteiger partial charge in [-0.2, -0.15) is 0 Å². The first-order valence-electron chi connectivity index (χ1n) is 9.46. The summed E-state index contributed by atoms with van der Waals surface area (Å²) in [6.45, 7) is 2.18. The number of hydrogen-bond acceptors (Lipinski definition) is 4. The van der Waals surface area contributed by atoms with Crippen molar-refractivity contribution >= 4 is 33.2 Å². The second kappa shape index (κ2) is 9.78. The zero-order valence-corrected chi connectivity index (χ0v) is 18.1. The van der Waals surface area contributed by atoms with Crippen LogP contribution in [-0.2, 0) is 14.8 Å². The molecule has 0 heterocycles. The van der Waals surface area contributed by atoms with Gasteiger partial charge >= 0.3 is 0 Å². The summed E-state index contributed by atoms with van der Waals surface area (Å²) in [5.74, 6) is 0.126. The number of rotatable bonds is 8. The SMILES string of the molecule is Cc1ccc(N(C(=O)CCCOc2ccc(Cl)cc2)S(=O)(=O)c2ccccc2)cc1. The second-order valence-corrected chi connectivity index (χ2v) is 8.94. The minimum atomic E-state index is -4.03. The predicted octanol–water partition coefficient (Wildman–Crippen LogP) is 5.23. The summed E-state index contributed by atoms with van der Waals surface area (Å²) in [6, 6.07) is 21.7. The number of benzene rings is 3. The molecule has 3 aromatic carbocycles. The summed E-state index contributed by atoms with van der Waals surface area (Å²) >= 11 is 5.85. The van der Waals surface area contributed by atoms with Crippen LogP contribution in [0.1, 0.15) is 18.4 Å². The van der Waals surface area contributed by atoms with Gasteiger partial charge < -0.3 is 4.74 Å². The van der Waals surface area contributed by atoms with E-state index in [2.05, 4.69) is 0 Å². The molecule has 0 aromatic heterocycles.